The second-order valence-corrected chi connectivity index (χ2v) is 7.30. The Labute approximate surface area is 193 Å². The molecule has 1 aliphatic rings. The zero-order chi connectivity index (χ0) is 24.2. The number of phenols is 1. The van der Waals surface area contributed by atoms with Gasteiger partial charge in [-0.15, -0.1) is 0 Å². The lowest BCUT2D eigenvalue weighted by molar-refractivity contribution is -0.122. The van der Waals surface area contributed by atoms with Crippen LogP contribution in [0.5, 0.6) is 17.2 Å². The SMILES string of the molecule is COc1ccc(/C=C2\C(=O)NC(=O)N(c3ccc(O)cc3)C2=O)c(OCc2cccc(F)c2)c1. The second-order valence-electron chi connectivity index (χ2n) is 7.30. The number of hydrogen-bond donors (Lipinski definition) is 2. The lowest BCUT2D eigenvalue weighted by Crippen LogP contribution is -2.54. The minimum atomic E-state index is -0.907. The van der Waals surface area contributed by atoms with E-state index in [1.807, 2.05) is 0 Å². The Hall–Kier alpha value is -4.66. The maximum atomic E-state index is 13.5. The average molecular weight is 462 g/mol. The number of phenolic OH excluding ortho intramolecular Hbond substituents is 1. The van der Waals surface area contributed by atoms with Crippen molar-refractivity contribution in [2.24, 2.45) is 0 Å². The number of imide groups is 2. The van der Waals surface area contributed by atoms with Gasteiger partial charge in [-0.1, -0.05) is 12.1 Å². The summed E-state index contributed by atoms with van der Waals surface area (Å²) in [6, 6.07) is 15.2. The van der Waals surface area contributed by atoms with Gasteiger partial charge in [0.05, 0.1) is 12.8 Å². The van der Waals surface area contributed by atoms with Crippen LogP contribution in [0, 0.1) is 5.82 Å². The zero-order valence-electron chi connectivity index (χ0n) is 17.9. The summed E-state index contributed by atoms with van der Waals surface area (Å²) in [6.45, 7) is 0.0271. The molecule has 34 heavy (non-hydrogen) atoms. The molecule has 8 nitrogen and oxygen atoms in total. The van der Waals surface area contributed by atoms with Crippen molar-refractivity contribution in [3.63, 3.8) is 0 Å². The zero-order valence-corrected chi connectivity index (χ0v) is 17.9. The number of hydrogen-bond acceptors (Lipinski definition) is 6. The minimum Gasteiger partial charge on any atom is -0.508 e. The summed E-state index contributed by atoms with van der Waals surface area (Å²) in [7, 11) is 1.48. The predicted octanol–water partition coefficient (Wildman–Crippen LogP) is 3.79. The van der Waals surface area contributed by atoms with Crippen molar-refractivity contribution in [3.8, 4) is 17.2 Å². The molecule has 1 saturated heterocycles. The van der Waals surface area contributed by atoms with E-state index in [2.05, 4.69) is 5.32 Å². The molecule has 0 aromatic heterocycles. The molecule has 3 aromatic carbocycles. The summed E-state index contributed by atoms with van der Waals surface area (Å²) < 4.78 is 24.6. The molecule has 0 unspecified atom stereocenters. The van der Waals surface area contributed by atoms with Crippen molar-refractivity contribution >= 4 is 29.6 Å². The molecule has 172 valence electrons. The lowest BCUT2D eigenvalue weighted by atomic mass is 10.1. The van der Waals surface area contributed by atoms with Gasteiger partial charge in [-0.2, -0.15) is 0 Å². The van der Waals surface area contributed by atoms with Gasteiger partial charge in [0.15, 0.2) is 0 Å². The molecule has 0 saturated carbocycles. The summed E-state index contributed by atoms with van der Waals surface area (Å²) >= 11 is 0. The van der Waals surface area contributed by atoms with E-state index in [-0.39, 0.29) is 29.4 Å². The molecule has 0 spiro atoms. The van der Waals surface area contributed by atoms with Crippen LogP contribution in [0.2, 0.25) is 0 Å². The van der Waals surface area contributed by atoms with Crippen LogP contribution in [0.4, 0.5) is 14.9 Å². The van der Waals surface area contributed by atoms with Crippen molar-refractivity contribution < 1.29 is 33.4 Å². The van der Waals surface area contributed by atoms with Gasteiger partial charge >= 0.3 is 6.03 Å². The smallest absolute Gasteiger partial charge is 0.335 e. The van der Waals surface area contributed by atoms with Crippen molar-refractivity contribution in [3.05, 3.63) is 89.2 Å². The van der Waals surface area contributed by atoms with Crippen molar-refractivity contribution in [1.29, 1.82) is 0 Å². The van der Waals surface area contributed by atoms with Crippen LogP contribution < -0.4 is 19.7 Å². The fraction of sp³-hybridized carbons (Fsp3) is 0.0800. The van der Waals surface area contributed by atoms with Crippen LogP contribution in [0.3, 0.4) is 0 Å². The van der Waals surface area contributed by atoms with Crippen LogP contribution in [0.25, 0.3) is 6.08 Å². The molecule has 2 N–H and O–H groups in total. The predicted molar refractivity (Wildman–Crippen MR) is 121 cm³/mol. The van der Waals surface area contributed by atoms with E-state index in [0.717, 1.165) is 4.90 Å². The number of nitrogens with one attached hydrogen (secondary N) is 1. The normalized spacial score (nSPS) is 14.8. The third kappa shape index (κ3) is 4.73. The summed E-state index contributed by atoms with van der Waals surface area (Å²) in [5.74, 6) is -1.40. The number of ether oxygens (including phenoxy) is 2. The highest BCUT2D eigenvalue weighted by molar-refractivity contribution is 6.39. The molecule has 0 atom stereocenters. The Balaban J connectivity index is 1.68. The van der Waals surface area contributed by atoms with Gasteiger partial charge in [0, 0.05) is 11.6 Å². The third-order valence-electron chi connectivity index (χ3n) is 5.01. The van der Waals surface area contributed by atoms with Crippen LogP contribution in [0.1, 0.15) is 11.1 Å². The van der Waals surface area contributed by atoms with Crippen LogP contribution >= 0.6 is 0 Å². The fourth-order valence-corrected chi connectivity index (χ4v) is 3.32. The summed E-state index contributed by atoms with van der Waals surface area (Å²) in [4.78, 5) is 38.7. The first-order valence-corrected chi connectivity index (χ1v) is 10.1. The number of amides is 4. The molecular formula is C25H19FN2O6. The number of rotatable bonds is 6. The first-order chi connectivity index (χ1) is 16.4. The maximum absolute atomic E-state index is 13.5. The molecule has 1 heterocycles. The van der Waals surface area contributed by atoms with Crippen LogP contribution in [-0.4, -0.2) is 30.1 Å². The van der Waals surface area contributed by atoms with Crippen molar-refractivity contribution in [1.82, 2.24) is 5.32 Å². The highest BCUT2D eigenvalue weighted by atomic mass is 19.1. The van der Waals surface area contributed by atoms with E-state index in [4.69, 9.17) is 9.47 Å². The first kappa shape index (κ1) is 22.5. The number of nitrogens with zero attached hydrogens (tertiary/aromatic N) is 1. The number of aromatic hydroxyl groups is 1. The van der Waals surface area contributed by atoms with Gasteiger partial charge in [-0.25, -0.2) is 14.1 Å². The molecule has 1 aliphatic heterocycles. The average Bonchev–Trinajstić information content (AvgIpc) is 2.82. The Morgan fingerprint density at radius 3 is 2.50 bits per heavy atom. The lowest BCUT2D eigenvalue weighted by Gasteiger charge is -2.26. The first-order valence-electron chi connectivity index (χ1n) is 10.1. The minimum absolute atomic E-state index is 0.0271. The Morgan fingerprint density at radius 2 is 1.79 bits per heavy atom. The monoisotopic (exact) mass is 462 g/mol. The fourth-order valence-electron chi connectivity index (χ4n) is 3.32. The number of carbonyl (C=O) groups excluding carboxylic acids is 3. The molecule has 4 amide bonds. The molecule has 0 aliphatic carbocycles. The molecule has 4 rings (SSSR count). The topological polar surface area (TPSA) is 105 Å². The van der Waals surface area contributed by atoms with Crippen LogP contribution in [-0.2, 0) is 16.2 Å². The van der Waals surface area contributed by atoms with E-state index in [0.29, 0.717) is 16.9 Å². The standard InChI is InChI=1S/C25H19FN2O6/c1-33-20-10-5-16(22(13-20)34-14-15-3-2-4-17(26)11-15)12-21-23(30)27-25(32)28(24(21)31)18-6-8-19(29)9-7-18/h2-13,29H,14H2,1H3,(H,27,30,32)/b21-12+. The molecule has 3 aromatic rings. The van der Waals surface area contributed by atoms with Gasteiger partial charge in [0.2, 0.25) is 0 Å². The van der Waals surface area contributed by atoms with Gasteiger partial charge < -0.3 is 14.6 Å². The summed E-state index contributed by atoms with van der Waals surface area (Å²) in [6.07, 6.45) is 1.30. The highest BCUT2D eigenvalue weighted by Crippen LogP contribution is 2.30. The molecule has 0 radical (unpaired) electrons. The number of urea groups is 1. The van der Waals surface area contributed by atoms with Crippen molar-refractivity contribution in [2.75, 3.05) is 12.0 Å². The van der Waals surface area contributed by atoms with E-state index >= 15 is 0 Å². The Morgan fingerprint density at radius 1 is 1.03 bits per heavy atom. The van der Waals surface area contributed by atoms with Gasteiger partial charge in [0.1, 0.15) is 35.2 Å². The van der Waals surface area contributed by atoms with Gasteiger partial charge in [-0.3, -0.25) is 14.9 Å². The van der Waals surface area contributed by atoms with Crippen LogP contribution in [0.15, 0.2) is 72.3 Å². The van der Waals surface area contributed by atoms with E-state index in [9.17, 15) is 23.9 Å². The molecule has 1 fully saturated rings. The molecular weight excluding hydrogens is 443 g/mol. The van der Waals surface area contributed by atoms with E-state index in [1.165, 1.54) is 49.6 Å². The largest absolute Gasteiger partial charge is 0.508 e. The molecule has 0 bridgehead atoms. The van der Waals surface area contributed by atoms with Crippen molar-refractivity contribution in [2.45, 2.75) is 6.61 Å². The quantitative estimate of drug-likeness (QED) is 0.427. The maximum Gasteiger partial charge on any atom is 0.335 e. The number of benzene rings is 3. The summed E-state index contributed by atoms with van der Waals surface area (Å²) in [5, 5.41) is 11.6. The number of barbiturate groups is 1. The number of carbonyl (C=O) groups is 3. The Kier molecular flexibility index (Phi) is 6.26. The van der Waals surface area contributed by atoms with E-state index < -0.39 is 23.7 Å². The second kappa shape index (κ2) is 9.45. The van der Waals surface area contributed by atoms with Gasteiger partial charge in [-0.05, 0) is 60.2 Å². The number of methoxy groups -OCH3 is 1. The van der Waals surface area contributed by atoms with E-state index in [1.54, 1.807) is 30.3 Å². The van der Waals surface area contributed by atoms with Gasteiger partial charge in [0.25, 0.3) is 11.8 Å². The number of halogens is 1. The number of anilines is 1. The highest BCUT2D eigenvalue weighted by Gasteiger charge is 2.37. The summed E-state index contributed by atoms with van der Waals surface area (Å²) in [5.41, 5.74) is 0.831. The Bertz CT molecular complexity index is 1300. The third-order valence-corrected chi connectivity index (χ3v) is 5.01. The molecule has 9 heteroatoms.